The van der Waals surface area contributed by atoms with Gasteiger partial charge in [-0.2, -0.15) is 18.2 Å². The number of anilines is 2. The molecule has 0 atom stereocenters. The van der Waals surface area contributed by atoms with Gasteiger partial charge in [0.25, 0.3) is 5.91 Å². The molecular formula is C24H29F3N6O3. The van der Waals surface area contributed by atoms with Crippen molar-refractivity contribution in [3.8, 4) is 5.75 Å². The van der Waals surface area contributed by atoms with Gasteiger partial charge < -0.3 is 24.8 Å². The number of alkyl halides is 3. The van der Waals surface area contributed by atoms with Crippen LogP contribution in [0.5, 0.6) is 5.75 Å². The predicted octanol–water partition coefficient (Wildman–Crippen LogP) is 3.06. The lowest BCUT2D eigenvalue weighted by molar-refractivity contribution is -0.161. The highest BCUT2D eigenvalue weighted by molar-refractivity contribution is 5.98. The molecule has 4 rings (SSSR count). The molecule has 3 heterocycles. The number of piperazine rings is 1. The third-order valence-electron chi connectivity index (χ3n) is 6.08. The molecule has 0 bridgehead atoms. The van der Waals surface area contributed by atoms with Gasteiger partial charge in [-0.05, 0) is 38.5 Å². The number of rotatable bonds is 8. The third kappa shape index (κ3) is 5.63. The van der Waals surface area contributed by atoms with E-state index in [1.165, 1.54) is 4.90 Å². The minimum atomic E-state index is -4.47. The molecule has 9 nitrogen and oxygen atoms in total. The zero-order chi connectivity index (χ0) is 26.0. The molecule has 0 radical (unpaired) electrons. The lowest BCUT2D eigenvalue weighted by atomic mass is 10.2. The Hall–Kier alpha value is -3.57. The number of carbonyl (C=O) groups is 2. The number of amides is 2. The van der Waals surface area contributed by atoms with Gasteiger partial charge in [-0.3, -0.25) is 9.59 Å². The van der Waals surface area contributed by atoms with Crippen LogP contribution in [0.2, 0.25) is 0 Å². The topological polar surface area (TPSA) is 90.9 Å². The van der Waals surface area contributed by atoms with Gasteiger partial charge in [-0.1, -0.05) is 12.1 Å². The first-order valence-corrected chi connectivity index (χ1v) is 11.8. The fourth-order valence-corrected chi connectivity index (χ4v) is 4.20. The molecule has 1 N–H and O–H groups in total. The van der Waals surface area contributed by atoms with Crippen molar-refractivity contribution in [2.45, 2.75) is 46.1 Å². The van der Waals surface area contributed by atoms with Gasteiger partial charge in [0.1, 0.15) is 30.4 Å². The van der Waals surface area contributed by atoms with E-state index in [9.17, 15) is 22.8 Å². The van der Waals surface area contributed by atoms with Gasteiger partial charge in [-0.15, -0.1) is 0 Å². The Morgan fingerprint density at radius 2 is 1.81 bits per heavy atom. The molecule has 0 aliphatic carbocycles. The van der Waals surface area contributed by atoms with Gasteiger partial charge in [0.15, 0.2) is 0 Å². The summed E-state index contributed by atoms with van der Waals surface area (Å²) in [5.41, 5.74) is 1.87. The Morgan fingerprint density at radius 3 is 2.42 bits per heavy atom. The Labute approximate surface area is 207 Å². The molecule has 0 saturated carbocycles. The number of carbonyl (C=O) groups excluding carboxylic acids is 2. The van der Waals surface area contributed by atoms with E-state index in [2.05, 4.69) is 15.3 Å². The van der Waals surface area contributed by atoms with Crippen molar-refractivity contribution < 1.29 is 27.5 Å². The summed E-state index contributed by atoms with van der Waals surface area (Å²) in [7, 11) is 0. The van der Waals surface area contributed by atoms with Crippen molar-refractivity contribution in [3.63, 3.8) is 0 Å². The van der Waals surface area contributed by atoms with Crippen molar-refractivity contribution in [1.82, 2.24) is 19.8 Å². The minimum Gasteiger partial charge on any atom is -0.494 e. The highest BCUT2D eigenvalue weighted by Gasteiger charge is 2.38. The summed E-state index contributed by atoms with van der Waals surface area (Å²) in [5, 5.41) is 3.28. The molecule has 2 aromatic rings. The maximum atomic E-state index is 13.0. The number of aromatic nitrogens is 2. The first-order chi connectivity index (χ1) is 17.1. The monoisotopic (exact) mass is 506 g/mol. The van der Waals surface area contributed by atoms with Gasteiger partial charge in [0.05, 0.1) is 13.2 Å². The summed E-state index contributed by atoms with van der Waals surface area (Å²) in [6.45, 7) is 5.49. The van der Waals surface area contributed by atoms with Crippen LogP contribution in [0.4, 0.5) is 24.9 Å². The number of hydrogen-bond donors (Lipinski definition) is 1. The molecule has 36 heavy (non-hydrogen) atoms. The highest BCUT2D eigenvalue weighted by Crippen LogP contribution is 2.31. The first-order valence-electron chi connectivity index (χ1n) is 11.8. The number of halogens is 3. The molecule has 0 spiro atoms. The second-order valence-corrected chi connectivity index (χ2v) is 9.01. The van der Waals surface area contributed by atoms with E-state index in [1.54, 1.807) is 4.90 Å². The maximum Gasteiger partial charge on any atom is 0.406 e. The van der Waals surface area contributed by atoms with Crippen molar-refractivity contribution >= 4 is 23.6 Å². The fraction of sp³-hybridized carbons (Fsp3) is 0.500. The molecule has 1 saturated heterocycles. The van der Waals surface area contributed by atoms with Crippen molar-refractivity contribution in [3.05, 3.63) is 41.1 Å². The zero-order valence-corrected chi connectivity index (χ0v) is 20.4. The number of benzene rings is 1. The highest BCUT2D eigenvalue weighted by atomic mass is 19.4. The average Bonchev–Trinajstić information content (AvgIpc) is 3.16. The van der Waals surface area contributed by atoms with Crippen molar-refractivity contribution in [2.75, 3.05) is 43.0 Å². The lowest BCUT2D eigenvalue weighted by Crippen LogP contribution is -2.53. The molecule has 194 valence electrons. The summed E-state index contributed by atoms with van der Waals surface area (Å²) >= 11 is 0. The van der Waals surface area contributed by atoms with Crippen LogP contribution in [-0.2, 0) is 17.9 Å². The number of nitrogens with zero attached hydrogens (tertiary/aromatic N) is 5. The quantitative estimate of drug-likeness (QED) is 0.589. The van der Waals surface area contributed by atoms with E-state index in [0.29, 0.717) is 31.1 Å². The van der Waals surface area contributed by atoms with Crippen LogP contribution in [0, 0.1) is 0 Å². The summed E-state index contributed by atoms with van der Waals surface area (Å²) in [5.74, 6) is 0.461. The fourth-order valence-electron chi connectivity index (χ4n) is 4.20. The molecule has 0 unspecified atom stereocenters. The van der Waals surface area contributed by atoms with Gasteiger partial charge in [0, 0.05) is 31.2 Å². The van der Waals surface area contributed by atoms with E-state index < -0.39 is 18.6 Å². The smallest absolute Gasteiger partial charge is 0.406 e. The van der Waals surface area contributed by atoms with Crippen LogP contribution >= 0.6 is 0 Å². The molecule has 1 aromatic carbocycles. The SMILES string of the molecule is CCOc1ccc(CNc2nc(N3CCN(CC(F)(F)F)C(=O)C3)nc3c2CN(C(C)C)C3=O)cc1. The molecule has 2 aliphatic rings. The van der Waals surface area contributed by atoms with Crippen LogP contribution in [0.15, 0.2) is 24.3 Å². The van der Waals surface area contributed by atoms with Crippen LogP contribution in [0.25, 0.3) is 0 Å². The van der Waals surface area contributed by atoms with Gasteiger partial charge in [-0.25, -0.2) is 4.98 Å². The molecule has 1 aromatic heterocycles. The molecule has 12 heteroatoms. The molecule has 2 aliphatic heterocycles. The summed E-state index contributed by atoms with van der Waals surface area (Å²) < 4.78 is 43.8. The van der Waals surface area contributed by atoms with E-state index in [4.69, 9.17) is 4.74 Å². The van der Waals surface area contributed by atoms with Crippen molar-refractivity contribution in [1.29, 1.82) is 0 Å². The number of fused-ring (bicyclic) bond motifs is 1. The minimum absolute atomic E-state index is 0.0541. The molecular weight excluding hydrogens is 477 g/mol. The number of nitrogens with one attached hydrogen (secondary N) is 1. The third-order valence-corrected chi connectivity index (χ3v) is 6.08. The van der Waals surface area contributed by atoms with E-state index in [1.807, 2.05) is 45.0 Å². The van der Waals surface area contributed by atoms with Crippen LogP contribution in [-0.4, -0.2) is 76.6 Å². The Kier molecular flexibility index (Phi) is 7.23. The molecule has 2 amide bonds. The summed E-state index contributed by atoms with van der Waals surface area (Å²) in [4.78, 5) is 38.5. The summed E-state index contributed by atoms with van der Waals surface area (Å²) in [6, 6.07) is 7.52. The van der Waals surface area contributed by atoms with Crippen LogP contribution < -0.4 is 15.0 Å². The Balaban J connectivity index is 1.57. The molecule has 1 fully saturated rings. The Bertz CT molecular complexity index is 1120. The number of hydrogen-bond acceptors (Lipinski definition) is 7. The van der Waals surface area contributed by atoms with Crippen LogP contribution in [0.1, 0.15) is 42.4 Å². The Morgan fingerprint density at radius 1 is 1.08 bits per heavy atom. The first kappa shape index (κ1) is 25.5. The standard InChI is InChI=1S/C24H29F3N6O3/c1-4-36-17-7-5-16(6-8-17)11-28-21-18-12-33(15(2)3)22(35)20(18)29-23(30-21)31-9-10-32(19(34)13-31)14-24(25,26)27/h5-8,15H,4,9-14H2,1-3H3,(H,28,29,30). The number of ether oxygens (including phenoxy) is 1. The van der Waals surface area contributed by atoms with E-state index in [-0.39, 0.29) is 43.2 Å². The normalized spacial score (nSPS) is 16.1. The van der Waals surface area contributed by atoms with E-state index in [0.717, 1.165) is 16.2 Å². The average molecular weight is 507 g/mol. The predicted molar refractivity (Wildman–Crippen MR) is 127 cm³/mol. The zero-order valence-electron chi connectivity index (χ0n) is 20.4. The van der Waals surface area contributed by atoms with Gasteiger partial charge in [0.2, 0.25) is 11.9 Å². The van der Waals surface area contributed by atoms with E-state index >= 15 is 0 Å². The van der Waals surface area contributed by atoms with Gasteiger partial charge >= 0.3 is 6.18 Å². The van der Waals surface area contributed by atoms with Crippen LogP contribution in [0.3, 0.4) is 0 Å². The second-order valence-electron chi connectivity index (χ2n) is 9.01. The second kappa shape index (κ2) is 10.2. The van der Waals surface area contributed by atoms with Crippen molar-refractivity contribution in [2.24, 2.45) is 0 Å². The largest absolute Gasteiger partial charge is 0.494 e. The summed E-state index contributed by atoms with van der Waals surface area (Å²) in [6.07, 6.45) is -4.47. The maximum absolute atomic E-state index is 13.0. The lowest BCUT2D eigenvalue weighted by Gasteiger charge is -2.34.